The molecule has 1 atom stereocenters. The van der Waals surface area contributed by atoms with Gasteiger partial charge in [0, 0.05) is 42.1 Å². The molecule has 0 spiro atoms. The highest BCUT2D eigenvalue weighted by Crippen LogP contribution is 2.39. The molecule has 3 aromatic rings. The first-order valence-electron chi connectivity index (χ1n) is 10.0. The van der Waals surface area contributed by atoms with Crippen molar-refractivity contribution in [1.29, 1.82) is 0 Å². The topological polar surface area (TPSA) is 76.1 Å². The van der Waals surface area contributed by atoms with Crippen LogP contribution in [-0.2, 0) is 16.4 Å². The Morgan fingerprint density at radius 1 is 1.13 bits per heavy atom. The molecule has 8 heteroatoms. The van der Waals surface area contributed by atoms with Gasteiger partial charge in [0.1, 0.15) is 5.82 Å². The summed E-state index contributed by atoms with van der Waals surface area (Å²) in [5.74, 6) is 0.737. The van der Waals surface area contributed by atoms with Crippen LogP contribution in [0.25, 0.3) is 11.1 Å². The number of aromatic nitrogens is 3. The molecular formula is C22H23ClN4O2S. The molecule has 4 rings (SSSR count). The fourth-order valence-electron chi connectivity index (χ4n) is 3.83. The lowest BCUT2D eigenvalue weighted by molar-refractivity contribution is 0.390. The highest BCUT2D eigenvalue weighted by molar-refractivity contribution is 7.89. The van der Waals surface area contributed by atoms with E-state index in [-0.39, 0.29) is 10.9 Å². The molecule has 1 aliphatic rings. The van der Waals surface area contributed by atoms with Gasteiger partial charge in [0.05, 0.1) is 16.6 Å². The second kappa shape index (κ2) is 8.79. The molecule has 1 saturated heterocycles. The first-order valence-corrected chi connectivity index (χ1v) is 11.9. The third-order valence-corrected chi connectivity index (χ3v) is 7.45. The number of nitrogens with zero attached hydrogens (tertiary/aromatic N) is 4. The Morgan fingerprint density at radius 3 is 2.57 bits per heavy atom. The molecule has 3 heterocycles. The maximum atomic E-state index is 13.4. The summed E-state index contributed by atoms with van der Waals surface area (Å²) in [7, 11) is -3.67. The van der Waals surface area contributed by atoms with E-state index in [1.165, 1.54) is 0 Å². The van der Waals surface area contributed by atoms with Crippen molar-refractivity contribution in [2.45, 2.75) is 43.5 Å². The van der Waals surface area contributed by atoms with Gasteiger partial charge in [-0.3, -0.25) is 4.98 Å². The molecule has 0 N–H and O–H groups in total. The molecule has 30 heavy (non-hydrogen) atoms. The zero-order valence-electron chi connectivity index (χ0n) is 16.7. The molecule has 0 bridgehead atoms. The Morgan fingerprint density at radius 2 is 1.87 bits per heavy atom. The van der Waals surface area contributed by atoms with Gasteiger partial charge in [0.2, 0.25) is 10.0 Å². The van der Waals surface area contributed by atoms with Crippen LogP contribution in [-0.4, -0.2) is 34.2 Å². The summed E-state index contributed by atoms with van der Waals surface area (Å²) in [5, 5.41) is 0.506. The second-order valence-electron chi connectivity index (χ2n) is 7.30. The minimum Gasteiger partial charge on any atom is -0.265 e. The van der Waals surface area contributed by atoms with Crippen molar-refractivity contribution in [3.05, 3.63) is 71.5 Å². The summed E-state index contributed by atoms with van der Waals surface area (Å²) in [6.45, 7) is 2.53. The smallest absolute Gasteiger partial charge is 0.243 e. The zero-order valence-corrected chi connectivity index (χ0v) is 18.3. The van der Waals surface area contributed by atoms with E-state index < -0.39 is 10.0 Å². The van der Waals surface area contributed by atoms with Gasteiger partial charge in [0.25, 0.3) is 0 Å². The van der Waals surface area contributed by atoms with Gasteiger partial charge in [0.15, 0.2) is 0 Å². The van der Waals surface area contributed by atoms with Gasteiger partial charge >= 0.3 is 0 Å². The summed E-state index contributed by atoms with van der Waals surface area (Å²) in [5.41, 5.74) is 2.54. The molecule has 1 aliphatic heterocycles. The van der Waals surface area contributed by atoms with E-state index in [9.17, 15) is 8.42 Å². The second-order valence-corrected chi connectivity index (χ2v) is 9.63. The Balaban J connectivity index is 1.80. The van der Waals surface area contributed by atoms with Crippen LogP contribution in [0.5, 0.6) is 0 Å². The van der Waals surface area contributed by atoms with Crippen LogP contribution in [0.4, 0.5) is 0 Å². The molecule has 1 aromatic carbocycles. The third-order valence-electron chi connectivity index (χ3n) is 5.27. The Bertz CT molecular complexity index is 1120. The van der Waals surface area contributed by atoms with Crippen LogP contribution in [0.1, 0.15) is 43.7 Å². The van der Waals surface area contributed by atoms with E-state index in [1.54, 1.807) is 41.0 Å². The van der Waals surface area contributed by atoms with E-state index in [1.807, 2.05) is 18.3 Å². The van der Waals surface area contributed by atoms with E-state index in [0.717, 1.165) is 41.9 Å². The summed E-state index contributed by atoms with van der Waals surface area (Å²) in [6, 6.07) is 9.77. The maximum absolute atomic E-state index is 13.4. The van der Waals surface area contributed by atoms with Gasteiger partial charge in [-0.05, 0) is 61.2 Å². The van der Waals surface area contributed by atoms with Crippen molar-refractivity contribution in [3.8, 4) is 11.1 Å². The van der Waals surface area contributed by atoms with E-state index >= 15 is 0 Å². The monoisotopic (exact) mass is 442 g/mol. The van der Waals surface area contributed by atoms with Gasteiger partial charge < -0.3 is 0 Å². The van der Waals surface area contributed by atoms with Crippen LogP contribution >= 0.6 is 11.6 Å². The number of hydrogen-bond donors (Lipinski definition) is 0. The lowest BCUT2D eigenvalue weighted by atomic mass is 10.0. The molecule has 1 fully saturated rings. The number of hydrogen-bond acceptors (Lipinski definition) is 5. The maximum Gasteiger partial charge on any atom is 0.243 e. The number of sulfonamides is 1. The minimum atomic E-state index is -3.67. The van der Waals surface area contributed by atoms with Gasteiger partial charge in [-0.15, -0.1) is 0 Å². The molecule has 2 aromatic heterocycles. The van der Waals surface area contributed by atoms with Gasteiger partial charge in [-0.25, -0.2) is 18.4 Å². The van der Waals surface area contributed by atoms with Crippen molar-refractivity contribution in [2.24, 2.45) is 0 Å². The van der Waals surface area contributed by atoms with Crippen LogP contribution in [0.3, 0.4) is 0 Å². The van der Waals surface area contributed by atoms with Crippen molar-refractivity contribution in [1.82, 2.24) is 19.3 Å². The fourth-order valence-corrected chi connectivity index (χ4v) is 5.61. The molecule has 6 nitrogen and oxygen atoms in total. The molecule has 156 valence electrons. The predicted molar refractivity (Wildman–Crippen MR) is 117 cm³/mol. The number of pyridine rings is 1. The van der Waals surface area contributed by atoms with E-state index in [4.69, 9.17) is 16.6 Å². The Hall–Kier alpha value is -2.35. The number of aryl methyl sites for hydroxylation is 1. The first-order chi connectivity index (χ1) is 14.5. The van der Waals surface area contributed by atoms with E-state index in [2.05, 4.69) is 16.9 Å². The lowest BCUT2D eigenvalue weighted by Crippen LogP contribution is -2.31. The molecule has 0 amide bonds. The Kier molecular flexibility index (Phi) is 6.13. The van der Waals surface area contributed by atoms with Crippen LogP contribution < -0.4 is 0 Å². The van der Waals surface area contributed by atoms with Crippen LogP contribution in [0, 0.1) is 0 Å². The summed E-state index contributed by atoms with van der Waals surface area (Å²) < 4.78 is 28.4. The zero-order chi connectivity index (χ0) is 21.1. The lowest BCUT2D eigenvalue weighted by Gasteiger charge is -2.25. The minimum absolute atomic E-state index is 0.243. The standard InChI is InChI=1S/C22H23ClN4O2S/c1-2-4-21-25-15-19(16-10-12-24-13-11-16)22(26-21)20-5-3-14-27(20)30(28,29)18-8-6-17(23)7-9-18/h6-13,15,20H,2-5,14H2,1H3/t20-/m1/s1. The van der Waals surface area contributed by atoms with Crippen molar-refractivity contribution >= 4 is 21.6 Å². The molecule has 0 radical (unpaired) electrons. The van der Waals surface area contributed by atoms with Crippen LogP contribution in [0.15, 0.2) is 59.9 Å². The summed E-state index contributed by atoms with van der Waals surface area (Å²) in [6.07, 6.45) is 8.42. The summed E-state index contributed by atoms with van der Waals surface area (Å²) >= 11 is 5.95. The first kappa shape index (κ1) is 20.9. The quantitative estimate of drug-likeness (QED) is 0.554. The normalized spacial score (nSPS) is 17.3. The fraction of sp³-hybridized carbons (Fsp3) is 0.318. The Labute approximate surface area is 182 Å². The summed E-state index contributed by atoms with van der Waals surface area (Å²) in [4.78, 5) is 13.7. The van der Waals surface area contributed by atoms with Crippen molar-refractivity contribution in [2.75, 3.05) is 6.54 Å². The number of benzene rings is 1. The van der Waals surface area contributed by atoms with Crippen molar-refractivity contribution in [3.63, 3.8) is 0 Å². The third kappa shape index (κ3) is 4.10. The highest BCUT2D eigenvalue weighted by atomic mass is 35.5. The predicted octanol–water partition coefficient (Wildman–Crippen LogP) is 4.67. The molecule has 0 saturated carbocycles. The molecule has 0 unspecified atom stereocenters. The van der Waals surface area contributed by atoms with Crippen LogP contribution in [0.2, 0.25) is 5.02 Å². The average molecular weight is 443 g/mol. The van der Waals surface area contributed by atoms with Gasteiger partial charge in [-0.2, -0.15) is 4.31 Å². The SMILES string of the molecule is CCCc1ncc(-c2ccncc2)c([C@H]2CCCN2S(=O)(=O)c2ccc(Cl)cc2)n1. The molecule has 0 aliphatic carbocycles. The van der Waals surface area contributed by atoms with Crippen molar-refractivity contribution < 1.29 is 8.42 Å². The highest BCUT2D eigenvalue weighted by Gasteiger charge is 2.38. The largest absolute Gasteiger partial charge is 0.265 e. The molecular weight excluding hydrogens is 420 g/mol. The number of halogens is 1. The van der Waals surface area contributed by atoms with Gasteiger partial charge in [-0.1, -0.05) is 18.5 Å². The average Bonchev–Trinajstić information content (AvgIpc) is 3.26. The number of rotatable bonds is 6. The van der Waals surface area contributed by atoms with E-state index in [0.29, 0.717) is 18.0 Å².